The molecule has 2 heterocycles. The van der Waals surface area contributed by atoms with E-state index in [2.05, 4.69) is 48.2 Å². The van der Waals surface area contributed by atoms with Crippen LogP contribution in [0, 0.1) is 5.92 Å². The average molecular weight is 288 g/mol. The van der Waals surface area contributed by atoms with Crippen LogP contribution in [-0.4, -0.2) is 28.5 Å². The van der Waals surface area contributed by atoms with E-state index in [-0.39, 0.29) is 12.1 Å². The second-order valence-corrected chi connectivity index (χ2v) is 5.79. The molecule has 3 rings (SSSR count). The van der Waals surface area contributed by atoms with Crippen LogP contribution in [0.4, 0.5) is 0 Å². The number of hydrogen-bond acceptors (Lipinski definition) is 4. The van der Waals surface area contributed by atoms with Gasteiger partial charge in [0.2, 0.25) is 0 Å². The molecule has 1 fully saturated rings. The lowest BCUT2D eigenvalue weighted by Gasteiger charge is -2.24. The zero-order valence-electron chi connectivity index (χ0n) is 12.7. The van der Waals surface area contributed by atoms with E-state index >= 15 is 0 Å². The summed E-state index contributed by atoms with van der Waals surface area (Å²) in [6, 6.07) is 8.60. The van der Waals surface area contributed by atoms with E-state index < -0.39 is 0 Å². The van der Waals surface area contributed by atoms with Crippen LogP contribution < -0.4 is 11.3 Å². The molecule has 3 N–H and O–H groups in total. The molecule has 1 aliphatic heterocycles. The van der Waals surface area contributed by atoms with E-state index in [0.717, 1.165) is 31.7 Å². The Labute approximate surface area is 125 Å². The van der Waals surface area contributed by atoms with Crippen molar-refractivity contribution in [1.82, 2.24) is 15.2 Å². The Morgan fingerprint density at radius 3 is 2.95 bits per heavy atom. The standard InChI is InChI=1S/C16H24N4O/c1-3-20-16-7-5-4-6-13(16)15(19-20)10-14(18-17)12-8-9-21-11(12)2/h4-7,11-12,14,18H,3,8-10,17H2,1-2H3. The summed E-state index contributed by atoms with van der Waals surface area (Å²) in [5.74, 6) is 6.25. The molecule has 3 unspecified atom stereocenters. The molecule has 0 aliphatic carbocycles. The Kier molecular flexibility index (Phi) is 4.24. The Morgan fingerprint density at radius 2 is 2.29 bits per heavy atom. The maximum atomic E-state index is 5.81. The fraction of sp³-hybridized carbons (Fsp3) is 0.562. The number of aromatic nitrogens is 2. The zero-order chi connectivity index (χ0) is 14.8. The lowest BCUT2D eigenvalue weighted by molar-refractivity contribution is 0.0953. The number of nitrogens with two attached hydrogens (primary N) is 1. The first-order valence-corrected chi connectivity index (χ1v) is 7.76. The second kappa shape index (κ2) is 6.13. The number of fused-ring (bicyclic) bond motifs is 1. The van der Waals surface area contributed by atoms with E-state index in [4.69, 9.17) is 15.7 Å². The molecule has 1 saturated heterocycles. The first-order valence-electron chi connectivity index (χ1n) is 7.76. The van der Waals surface area contributed by atoms with Crippen molar-refractivity contribution in [2.75, 3.05) is 6.61 Å². The summed E-state index contributed by atoms with van der Waals surface area (Å²) in [5, 5.41) is 6.00. The first-order chi connectivity index (χ1) is 10.2. The van der Waals surface area contributed by atoms with Gasteiger partial charge < -0.3 is 4.74 Å². The predicted molar refractivity (Wildman–Crippen MR) is 83.7 cm³/mol. The van der Waals surface area contributed by atoms with E-state index in [1.54, 1.807) is 0 Å². The smallest absolute Gasteiger partial charge is 0.0719 e. The number of nitrogens with one attached hydrogen (secondary N) is 1. The third-order valence-corrected chi connectivity index (χ3v) is 4.61. The summed E-state index contributed by atoms with van der Waals surface area (Å²) in [6.07, 6.45) is 2.15. The third kappa shape index (κ3) is 2.69. The molecule has 0 saturated carbocycles. The largest absolute Gasteiger partial charge is 0.378 e. The van der Waals surface area contributed by atoms with Crippen molar-refractivity contribution in [1.29, 1.82) is 0 Å². The summed E-state index contributed by atoms with van der Waals surface area (Å²) in [7, 11) is 0. The fourth-order valence-corrected chi connectivity index (χ4v) is 3.41. The van der Waals surface area contributed by atoms with Crippen molar-refractivity contribution in [3.8, 4) is 0 Å². The van der Waals surface area contributed by atoms with Crippen molar-refractivity contribution >= 4 is 10.9 Å². The molecule has 0 radical (unpaired) electrons. The van der Waals surface area contributed by atoms with Crippen molar-refractivity contribution in [2.24, 2.45) is 11.8 Å². The highest BCUT2D eigenvalue weighted by Crippen LogP contribution is 2.27. The van der Waals surface area contributed by atoms with Crippen LogP contribution in [0.2, 0.25) is 0 Å². The number of para-hydroxylation sites is 1. The summed E-state index contributed by atoms with van der Waals surface area (Å²) in [5.41, 5.74) is 5.30. The monoisotopic (exact) mass is 288 g/mol. The maximum absolute atomic E-state index is 5.81. The topological polar surface area (TPSA) is 65.1 Å². The number of ether oxygens (including phenoxy) is 1. The number of nitrogens with zero attached hydrogens (tertiary/aromatic N) is 2. The van der Waals surface area contributed by atoms with Crippen LogP contribution in [0.15, 0.2) is 24.3 Å². The highest BCUT2D eigenvalue weighted by atomic mass is 16.5. The lowest BCUT2D eigenvalue weighted by Crippen LogP contribution is -2.44. The SMILES string of the molecule is CCn1nc(CC(NN)C2CCOC2C)c2ccccc21. The normalized spacial score (nSPS) is 23.8. The zero-order valence-corrected chi connectivity index (χ0v) is 12.7. The van der Waals surface area contributed by atoms with Crippen LogP contribution in [0.5, 0.6) is 0 Å². The van der Waals surface area contributed by atoms with Crippen molar-refractivity contribution < 1.29 is 4.74 Å². The Bertz CT molecular complexity index is 609. The Balaban J connectivity index is 1.89. The number of benzene rings is 1. The Hall–Kier alpha value is -1.43. The number of hydrogen-bond donors (Lipinski definition) is 2. The molecule has 0 amide bonds. The van der Waals surface area contributed by atoms with Gasteiger partial charge in [0.1, 0.15) is 0 Å². The van der Waals surface area contributed by atoms with Crippen LogP contribution in [-0.2, 0) is 17.7 Å². The van der Waals surface area contributed by atoms with Crippen molar-refractivity contribution in [3.05, 3.63) is 30.0 Å². The summed E-state index contributed by atoms with van der Waals surface area (Å²) < 4.78 is 7.74. The molecule has 5 heteroatoms. The van der Waals surface area contributed by atoms with Crippen molar-refractivity contribution in [3.63, 3.8) is 0 Å². The number of rotatable bonds is 5. The van der Waals surface area contributed by atoms with Gasteiger partial charge in [-0.1, -0.05) is 18.2 Å². The van der Waals surface area contributed by atoms with E-state index in [0.29, 0.717) is 5.92 Å². The van der Waals surface area contributed by atoms with Gasteiger partial charge in [-0.3, -0.25) is 16.0 Å². The summed E-state index contributed by atoms with van der Waals surface area (Å²) >= 11 is 0. The quantitative estimate of drug-likeness (QED) is 0.651. The van der Waals surface area contributed by atoms with Gasteiger partial charge in [0.15, 0.2) is 0 Å². The molecule has 2 aromatic rings. The van der Waals surface area contributed by atoms with Gasteiger partial charge in [-0.15, -0.1) is 0 Å². The highest BCUT2D eigenvalue weighted by molar-refractivity contribution is 5.82. The maximum Gasteiger partial charge on any atom is 0.0719 e. The molecular weight excluding hydrogens is 264 g/mol. The minimum Gasteiger partial charge on any atom is -0.378 e. The minimum absolute atomic E-state index is 0.200. The fourth-order valence-electron chi connectivity index (χ4n) is 3.41. The minimum atomic E-state index is 0.200. The van der Waals surface area contributed by atoms with Crippen molar-refractivity contribution in [2.45, 2.75) is 45.4 Å². The van der Waals surface area contributed by atoms with Gasteiger partial charge in [-0.2, -0.15) is 5.10 Å². The molecule has 21 heavy (non-hydrogen) atoms. The van der Waals surface area contributed by atoms with Crippen LogP contribution >= 0.6 is 0 Å². The van der Waals surface area contributed by atoms with Gasteiger partial charge in [0.25, 0.3) is 0 Å². The lowest BCUT2D eigenvalue weighted by atomic mass is 9.90. The van der Waals surface area contributed by atoms with Crippen LogP contribution in [0.1, 0.15) is 26.0 Å². The van der Waals surface area contributed by atoms with E-state index in [9.17, 15) is 0 Å². The number of aryl methyl sites for hydroxylation is 1. The molecule has 1 aromatic heterocycles. The van der Waals surface area contributed by atoms with Gasteiger partial charge >= 0.3 is 0 Å². The van der Waals surface area contributed by atoms with Gasteiger partial charge in [-0.05, 0) is 26.3 Å². The Morgan fingerprint density at radius 1 is 1.48 bits per heavy atom. The molecule has 0 spiro atoms. The number of hydrazine groups is 1. The predicted octanol–water partition coefficient (Wildman–Crippen LogP) is 1.86. The molecule has 1 aliphatic rings. The average Bonchev–Trinajstić information content (AvgIpc) is 3.09. The molecule has 0 bridgehead atoms. The molecule has 5 nitrogen and oxygen atoms in total. The van der Waals surface area contributed by atoms with E-state index in [1.807, 2.05) is 0 Å². The molecule has 1 aromatic carbocycles. The molecule has 3 atom stereocenters. The van der Waals surface area contributed by atoms with E-state index in [1.165, 1.54) is 10.9 Å². The van der Waals surface area contributed by atoms with Crippen LogP contribution in [0.25, 0.3) is 10.9 Å². The van der Waals surface area contributed by atoms with Gasteiger partial charge in [-0.25, -0.2) is 0 Å². The highest BCUT2D eigenvalue weighted by Gasteiger charge is 2.32. The van der Waals surface area contributed by atoms with Gasteiger partial charge in [0, 0.05) is 36.9 Å². The summed E-state index contributed by atoms with van der Waals surface area (Å²) in [6.45, 7) is 5.96. The van der Waals surface area contributed by atoms with Gasteiger partial charge in [0.05, 0.1) is 17.3 Å². The molecular formula is C16H24N4O. The third-order valence-electron chi connectivity index (χ3n) is 4.61. The summed E-state index contributed by atoms with van der Waals surface area (Å²) in [4.78, 5) is 0. The van der Waals surface area contributed by atoms with Crippen LogP contribution in [0.3, 0.4) is 0 Å². The first kappa shape index (κ1) is 14.5. The molecule has 114 valence electrons. The second-order valence-electron chi connectivity index (χ2n) is 5.79.